The van der Waals surface area contributed by atoms with Gasteiger partial charge in [-0.25, -0.2) is 0 Å². The zero-order chi connectivity index (χ0) is 15.5. The van der Waals surface area contributed by atoms with E-state index < -0.39 is 0 Å². The van der Waals surface area contributed by atoms with Crippen LogP contribution in [0.1, 0.15) is 16.7 Å². The van der Waals surface area contributed by atoms with E-state index in [-0.39, 0.29) is 0 Å². The monoisotopic (exact) mass is 361 g/mol. The van der Waals surface area contributed by atoms with Crippen molar-refractivity contribution in [2.24, 2.45) is 0 Å². The Balaban J connectivity index is 1.78. The van der Waals surface area contributed by atoms with E-state index in [0.717, 1.165) is 42.0 Å². The molecule has 0 atom stereocenters. The van der Waals surface area contributed by atoms with Crippen LogP contribution in [0.4, 0.5) is 0 Å². The number of halogens is 1. The summed E-state index contributed by atoms with van der Waals surface area (Å²) >= 11 is 3.54. The Morgan fingerprint density at radius 1 is 1.05 bits per heavy atom. The summed E-state index contributed by atoms with van der Waals surface area (Å²) in [6.45, 7) is 2.98. The molecule has 4 heteroatoms. The standard InChI is InChI=1S/C18H20BrNO2/c1-21-17-9-14-6-7-20(12-15(14)10-18(17)22-2)11-13-4-3-5-16(19)8-13/h3-5,8-10H,6-7,11-12H2,1-2H3. The average molecular weight is 362 g/mol. The predicted octanol–water partition coefficient (Wildman–Crippen LogP) is 4.02. The van der Waals surface area contributed by atoms with E-state index in [9.17, 15) is 0 Å². The van der Waals surface area contributed by atoms with E-state index in [2.05, 4.69) is 57.2 Å². The Bertz CT molecular complexity index is 672. The van der Waals surface area contributed by atoms with Gasteiger partial charge in [0.1, 0.15) is 0 Å². The average Bonchev–Trinajstić information content (AvgIpc) is 2.53. The highest BCUT2D eigenvalue weighted by molar-refractivity contribution is 9.10. The maximum absolute atomic E-state index is 5.42. The first-order chi connectivity index (χ1) is 10.7. The second-order valence-electron chi connectivity index (χ2n) is 5.57. The third-order valence-electron chi connectivity index (χ3n) is 4.09. The minimum atomic E-state index is 0.811. The molecule has 2 aromatic carbocycles. The van der Waals surface area contributed by atoms with Gasteiger partial charge in [0.05, 0.1) is 14.2 Å². The highest BCUT2D eigenvalue weighted by Crippen LogP contribution is 2.33. The van der Waals surface area contributed by atoms with Crippen LogP contribution in [-0.2, 0) is 19.5 Å². The van der Waals surface area contributed by atoms with Gasteiger partial charge in [-0.05, 0) is 47.4 Å². The second kappa shape index (κ2) is 6.71. The van der Waals surface area contributed by atoms with Crippen molar-refractivity contribution < 1.29 is 9.47 Å². The zero-order valence-corrected chi connectivity index (χ0v) is 14.5. The van der Waals surface area contributed by atoms with Gasteiger partial charge in [-0.3, -0.25) is 4.90 Å². The third kappa shape index (κ3) is 3.28. The molecule has 0 aromatic heterocycles. The fourth-order valence-corrected chi connectivity index (χ4v) is 3.42. The summed E-state index contributed by atoms with van der Waals surface area (Å²) in [5, 5.41) is 0. The number of methoxy groups -OCH3 is 2. The van der Waals surface area contributed by atoms with Crippen molar-refractivity contribution in [2.45, 2.75) is 19.5 Å². The molecule has 0 bridgehead atoms. The first-order valence-electron chi connectivity index (χ1n) is 7.40. The van der Waals surface area contributed by atoms with Crippen molar-refractivity contribution in [3.05, 3.63) is 57.6 Å². The van der Waals surface area contributed by atoms with Crippen LogP contribution in [0, 0.1) is 0 Å². The normalized spacial score (nSPS) is 14.5. The number of nitrogens with zero attached hydrogens (tertiary/aromatic N) is 1. The molecule has 1 aliphatic heterocycles. The molecule has 0 aliphatic carbocycles. The summed E-state index contributed by atoms with van der Waals surface area (Å²) in [5.74, 6) is 1.63. The quantitative estimate of drug-likeness (QED) is 0.820. The Morgan fingerprint density at radius 2 is 1.77 bits per heavy atom. The highest BCUT2D eigenvalue weighted by atomic mass is 79.9. The molecule has 0 N–H and O–H groups in total. The number of hydrogen-bond donors (Lipinski definition) is 0. The summed E-state index contributed by atoms with van der Waals surface area (Å²) in [7, 11) is 3.37. The van der Waals surface area contributed by atoms with Crippen LogP contribution in [0.2, 0.25) is 0 Å². The minimum absolute atomic E-state index is 0.811. The summed E-state index contributed by atoms with van der Waals surface area (Å²) in [4.78, 5) is 2.47. The lowest BCUT2D eigenvalue weighted by Crippen LogP contribution is -2.30. The molecule has 0 spiro atoms. The fourth-order valence-electron chi connectivity index (χ4n) is 2.97. The molecule has 2 aromatic rings. The van der Waals surface area contributed by atoms with Gasteiger partial charge in [0, 0.05) is 24.1 Å². The maximum atomic E-state index is 5.42. The van der Waals surface area contributed by atoms with Crippen LogP contribution in [-0.4, -0.2) is 25.7 Å². The van der Waals surface area contributed by atoms with Gasteiger partial charge in [-0.2, -0.15) is 0 Å². The van der Waals surface area contributed by atoms with Gasteiger partial charge in [0.2, 0.25) is 0 Å². The molecule has 0 radical (unpaired) electrons. The van der Waals surface area contributed by atoms with Gasteiger partial charge < -0.3 is 9.47 Å². The van der Waals surface area contributed by atoms with E-state index in [1.54, 1.807) is 14.2 Å². The summed E-state index contributed by atoms with van der Waals surface area (Å²) < 4.78 is 11.9. The Hall–Kier alpha value is -1.52. The molecule has 3 rings (SSSR count). The molecule has 0 fully saturated rings. The molecule has 3 nitrogen and oxygen atoms in total. The van der Waals surface area contributed by atoms with Crippen LogP contribution < -0.4 is 9.47 Å². The van der Waals surface area contributed by atoms with Crippen LogP contribution in [0.3, 0.4) is 0 Å². The Kier molecular flexibility index (Phi) is 4.69. The minimum Gasteiger partial charge on any atom is -0.493 e. The number of ether oxygens (including phenoxy) is 2. The zero-order valence-electron chi connectivity index (χ0n) is 12.9. The molecular weight excluding hydrogens is 342 g/mol. The van der Waals surface area contributed by atoms with Crippen molar-refractivity contribution in [3.8, 4) is 11.5 Å². The number of fused-ring (bicyclic) bond motifs is 1. The van der Waals surface area contributed by atoms with Gasteiger partial charge in [0.15, 0.2) is 11.5 Å². The van der Waals surface area contributed by atoms with Crippen molar-refractivity contribution in [1.29, 1.82) is 0 Å². The van der Waals surface area contributed by atoms with Crippen LogP contribution in [0.15, 0.2) is 40.9 Å². The summed E-state index contributed by atoms with van der Waals surface area (Å²) in [5.41, 5.74) is 4.03. The second-order valence-corrected chi connectivity index (χ2v) is 6.48. The Morgan fingerprint density at radius 3 is 2.45 bits per heavy atom. The van der Waals surface area contributed by atoms with Gasteiger partial charge in [0.25, 0.3) is 0 Å². The molecule has 1 heterocycles. The predicted molar refractivity (Wildman–Crippen MR) is 91.5 cm³/mol. The van der Waals surface area contributed by atoms with Crippen LogP contribution in [0.5, 0.6) is 11.5 Å². The fraction of sp³-hybridized carbons (Fsp3) is 0.333. The molecule has 1 aliphatic rings. The molecule has 0 saturated carbocycles. The molecule has 22 heavy (non-hydrogen) atoms. The third-order valence-corrected chi connectivity index (χ3v) is 4.59. The summed E-state index contributed by atoms with van der Waals surface area (Å²) in [6, 6.07) is 12.7. The van der Waals surface area contributed by atoms with Crippen molar-refractivity contribution in [3.63, 3.8) is 0 Å². The van der Waals surface area contributed by atoms with E-state index in [0.29, 0.717) is 0 Å². The van der Waals surface area contributed by atoms with E-state index in [4.69, 9.17) is 9.47 Å². The van der Waals surface area contributed by atoms with Gasteiger partial charge in [-0.1, -0.05) is 28.1 Å². The van der Waals surface area contributed by atoms with E-state index in [1.165, 1.54) is 16.7 Å². The topological polar surface area (TPSA) is 21.7 Å². The first kappa shape index (κ1) is 15.4. The molecule has 0 unspecified atom stereocenters. The van der Waals surface area contributed by atoms with E-state index in [1.807, 2.05) is 0 Å². The van der Waals surface area contributed by atoms with Crippen molar-refractivity contribution in [1.82, 2.24) is 4.90 Å². The number of rotatable bonds is 4. The van der Waals surface area contributed by atoms with Crippen LogP contribution >= 0.6 is 15.9 Å². The number of benzene rings is 2. The van der Waals surface area contributed by atoms with Crippen molar-refractivity contribution >= 4 is 15.9 Å². The molecule has 0 amide bonds. The van der Waals surface area contributed by atoms with Gasteiger partial charge >= 0.3 is 0 Å². The van der Waals surface area contributed by atoms with Crippen molar-refractivity contribution in [2.75, 3.05) is 20.8 Å². The molecule has 0 saturated heterocycles. The van der Waals surface area contributed by atoms with Gasteiger partial charge in [-0.15, -0.1) is 0 Å². The molecular formula is C18H20BrNO2. The molecule has 116 valence electrons. The lowest BCUT2D eigenvalue weighted by atomic mass is 9.98. The lowest BCUT2D eigenvalue weighted by molar-refractivity contribution is 0.244. The Labute approximate surface area is 140 Å². The SMILES string of the molecule is COc1cc2c(cc1OC)CN(Cc1cccc(Br)c1)CC2. The van der Waals surface area contributed by atoms with E-state index >= 15 is 0 Å². The van der Waals surface area contributed by atoms with Crippen LogP contribution in [0.25, 0.3) is 0 Å². The smallest absolute Gasteiger partial charge is 0.161 e. The highest BCUT2D eigenvalue weighted by Gasteiger charge is 2.19. The largest absolute Gasteiger partial charge is 0.493 e. The lowest BCUT2D eigenvalue weighted by Gasteiger charge is -2.29. The maximum Gasteiger partial charge on any atom is 0.161 e. The first-order valence-corrected chi connectivity index (χ1v) is 8.19. The number of hydrogen-bond acceptors (Lipinski definition) is 3. The summed E-state index contributed by atoms with van der Waals surface area (Å²) in [6.07, 6.45) is 1.05.